The van der Waals surface area contributed by atoms with Gasteiger partial charge >= 0.3 is 6.18 Å². The van der Waals surface area contributed by atoms with Crippen molar-refractivity contribution < 1.29 is 30.7 Å². The molecule has 2 aliphatic rings. The maximum absolute atomic E-state index is 14.8. The lowest BCUT2D eigenvalue weighted by Gasteiger charge is -2.29. The summed E-state index contributed by atoms with van der Waals surface area (Å²) in [6.45, 7) is 0.589. The number of hydrogen-bond acceptors (Lipinski definition) is 4. The third-order valence-corrected chi connectivity index (χ3v) is 4.88. The zero-order chi connectivity index (χ0) is 20.9. The van der Waals surface area contributed by atoms with Crippen LogP contribution in [0, 0.1) is 29.3 Å². The lowest BCUT2D eigenvalue weighted by molar-refractivity contribution is -0.146. The second kappa shape index (κ2) is 6.96. The van der Waals surface area contributed by atoms with E-state index in [1.807, 2.05) is 0 Å². The van der Waals surface area contributed by atoms with Crippen LogP contribution >= 0.6 is 0 Å². The van der Waals surface area contributed by atoms with Crippen LogP contribution in [0.5, 0.6) is 0 Å². The number of nitrogens with zero attached hydrogens (tertiary/aromatic N) is 1. The Morgan fingerprint density at radius 1 is 0.966 bits per heavy atom. The van der Waals surface area contributed by atoms with Crippen LogP contribution in [0.4, 0.5) is 47.9 Å². The first-order valence-corrected chi connectivity index (χ1v) is 8.86. The summed E-state index contributed by atoms with van der Waals surface area (Å²) < 4.78 is 97.6. The van der Waals surface area contributed by atoms with Crippen molar-refractivity contribution in [3.05, 3.63) is 35.5 Å². The van der Waals surface area contributed by atoms with E-state index in [0.717, 1.165) is 0 Å². The third-order valence-electron chi connectivity index (χ3n) is 4.88. The van der Waals surface area contributed by atoms with Crippen molar-refractivity contribution >= 4 is 17.2 Å². The molecule has 0 radical (unpaired) electrons. The fourth-order valence-corrected chi connectivity index (χ4v) is 3.43. The second-order valence-corrected chi connectivity index (χ2v) is 6.98. The monoisotopic (exact) mass is 420 g/mol. The van der Waals surface area contributed by atoms with Gasteiger partial charge in [-0.15, -0.1) is 0 Å². The predicted molar refractivity (Wildman–Crippen MR) is 92.7 cm³/mol. The molecule has 1 aromatic carbocycles. The van der Waals surface area contributed by atoms with Crippen LogP contribution in [0.1, 0.15) is 12.8 Å². The van der Waals surface area contributed by atoms with Gasteiger partial charge in [0.05, 0.1) is 16.8 Å². The Morgan fingerprint density at radius 3 is 2.17 bits per heavy atom. The van der Waals surface area contributed by atoms with Gasteiger partial charge in [0.15, 0.2) is 5.82 Å². The van der Waals surface area contributed by atoms with Crippen LogP contribution in [-0.2, 0) is 0 Å². The molecular weight excluding hydrogens is 405 g/mol. The van der Waals surface area contributed by atoms with E-state index in [0.29, 0.717) is 31.5 Å². The minimum Gasteiger partial charge on any atom is -0.379 e. The van der Waals surface area contributed by atoms with E-state index >= 15 is 0 Å². The molecule has 0 spiro atoms. The Labute approximate surface area is 160 Å². The van der Waals surface area contributed by atoms with E-state index in [4.69, 9.17) is 0 Å². The smallest absolute Gasteiger partial charge is 0.379 e. The number of rotatable bonds is 4. The van der Waals surface area contributed by atoms with Crippen molar-refractivity contribution in [2.75, 3.05) is 29.0 Å². The maximum Gasteiger partial charge on any atom is 0.408 e. The van der Waals surface area contributed by atoms with Crippen LogP contribution in [0.2, 0.25) is 0 Å². The van der Waals surface area contributed by atoms with Crippen LogP contribution in [-0.4, -0.2) is 30.3 Å². The molecular formula is C18H15F7N4. The molecule has 1 fully saturated rings. The number of pyridine rings is 1. The zero-order valence-corrected chi connectivity index (χ0v) is 14.7. The summed E-state index contributed by atoms with van der Waals surface area (Å²) in [5.74, 6) is -6.36. The second-order valence-electron chi connectivity index (χ2n) is 6.98. The minimum atomic E-state index is -4.67. The highest BCUT2D eigenvalue weighted by Crippen LogP contribution is 2.47. The first-order valence-electron chi connectivity index (χ1n) is 8.86. The van der Waals surface area contributed by atoms with Crippen LogP contribution in [0.3, 0.4) is 0 Å². The number of benzene rings is 1. The highest BCUT2D eigenvalue weighted by molar-refractivity contribution is 5.93. The quantitative estimate of drug-likeness (QED) is 0.487. The maximum atomic E-state index is 14.8. The summed E-state index contributed by atoms with van der Waals surface area (Å²) >= 11 is 0. The lowest BCUT2D eigenvalue weighted by atomic mass is 10.0. The molecule has 1 aliphatic carbocycles. The van der Waals surface area contributed by atoms with Gasteiger partial charge in [0.1, 0.15) is 29.2 Å². The van der Waals surface area contributed by atoms with Gasteiger partial charge in [-0.1, -0.05) is 0 Å². The van der Waals surface area contributed by atoms with Crippen molar-refractivity contribution in [2.45, 2.75) is 25.1 Å². The van der Waals surface area contributed by atoms with Gasteiger partial charge in [0.25, 0.3) is 0 Å². The Balaban J connectivity index is 1.94. The molecule has 0 amide bonds. The van der Waals surface area contributed by atoms with Crippen molar-refractivity contribution in [2.24, 2.45) is 5.92 Å². The number of anilines is 3. The molecule has 11 heteroatoms. The summed E-state index contributed by atoms with van der Waals surface area (Å²) in [7, 11) is 0. The van der Waals surface area contributed by atoms with Gasteiger partial charge in [0.2, 0.25) is 5.95 Å². The first-order chi connectivity index (χ1) is 13.7. The molecule has 4 nitrogen and oxygen atoms in total. The molecule has 156 valence electrons. The average Bonchev–Trinajstić information content (AvgIpc) is 3.43. The standard InChI is InChI=1S/C18H15F7N4/c19-8-5-9(20)11(10(21)6-8)12-13(28-15(7-1-2-7)18(23,24)25)14-17(29-16(12)22)27-4-3-26-14/h5-7,15,26H,1-4H2,(H2,27,28,29)/t15-/m0/s1. The van der Waals surface area contributed by atoms with Crippen molar-refractivity contribution in [1.82, 2.24) is 4.98 Å². The predicted octanol–water partition coefficient (Wildman–Crippen LogP) is 4.90. The summed E-state index contributed by atoms with van der Waals surface area (Å²) in [6.07, 6.45) is -4.05. The van der Waals surface area contributed by atoms with E-state index in [1.54, 1.807) is 0 Å². The number of hydrogen-bond donors (Lipinski definition) is 3. The van der Waals surface area contributed by atoms with Crippen LogP contribution < -0.4 is 16.0 Å². The summed E-state index contributed by atoms with van der Waals surface area (Å²) in [6, 6.07) is -1.38. The van der Waals surface area contributed by atoms with E-state index in [-0.39, 0.29) is 18.1 Å². The van der Waals surface area contributed by atoms with Crippen molar-refractivity contribution in [3.8, 4) is 11.1 Å². The molecule has 0 saturated heterocycles. The summed E-state index contributed by atoms with van der Waals surface area (Å²) in [5, 5.41) is 7.78. The minimum absolute atomic E-state index is 0.0364. The number of alkyl halides is 3. The lowest BCUT2D eigenvalue weighted by Crippen LogP contribution is -2.39. The van der Waals surface area contributed by atoms with Crippen LogP contribution in [0.25, 0.3) is 11.1 Å². The Kier molecular flexibility index (Phi) is 4.70. The fraction of sp³-hybridized carbons (Fsp3) is 0.389. The summed E-state index contributed by atoms with van der Waals surface area (Å²) in [4.78, 5) is 3.60. The van der Waals surface area contributed by atoms with Gasteiger partial charge in [0, 0.05) is 25.2 Å². The van der Waals surface area contributed by atoms with Crippen molar-refractivity contribution in [1.29, 1.82) is 0 Å². The Bertz CT molecular complexity index is 933. The van der Waals surface area contributed by atoms with E-state index in [1.165, 1.54) is 0 Å². The molecule has 2 aromatic rings. The van der Waals surface area contributed by atoms with Gasteiger partial charge in [-0.25, -0.2) is 13.2 Å². The number of halogens is 7. The largest absolute Gasteiger partial charge is 0.408 e. The van der Waals surface area contributed by atoms with Gasteiger partial charge < -0.3 is 16.0 Å². The highest BCUT2D eigenvalue weighted by atomic mass is 19.4. The van der Waals surface area contributed by atoms with Gasteiger partial charge in [-0.3, -0.25) is 0 Å². The molecule has 2 heterocycles. The molecule has 29 heavy (non-hydrogen) atoms. The van der Waals surface area contributed by atoms with Gasteiger partial charge in [-0.05, 0) is 18.8 Å². The topological polar surface area (TPSA) is 49.0 Å². The summed E-state index contributed by atoms with van der Waals surface area (Å²) in [5.41, 5.74) is -2.33. The van der Waals surface area contributed by atoms with E-state index < -0.39 is 58.3 Å². The highest BCUT2D eigenvalue weighted by Gasteiger charge is 2.49. The number of aromatic nitrogens is 1. The SMILES string of the molecule is Fc1cc(F)c(-c2c(F)nc3c(c2N[C@@H](C2CC2)C(F)(F)F)NCCN3)c(F)c1. The molecule has 0 unspecified atom stereocenters. The van der Waals surface area contributed by atoms with Gasteiger partial charge in [-0.2, -0.15) is 22.5 Å². The normalized spacial score (nSPS) is 17.2. The number of fused-ring (bicyclic) bond motifs is 1. The first kappa shape index (κ1) is 19.6. The Hall–Kier alpha value is -2.72. The molecule has 1 saturated carbocycles. The molecule has 1 atom stereocenters. The molecule has 3 N–H and O–H groups in total. The molecule has 1 aromatic heterocycles. The third kappa shape index (κ3) is 3.65. The van der Waals surface area contributed by atoms with Crippen molar-refractivity contribution in [3.63, 3.8) is 0 Å². The molecule has 1 aliphatic heterocycles. The van der Waals surface area contributed by atoms with E-state index in [2.05, 4.69) is 20.9 Å². The fourth-order valence-electron chi connectivity index (χ4n) is 3.43. The average molecular weight is 420 g/mol. The van der Waals surface area contributed by atoms with E-state index in [9.17, 15) is 30.7 Å². The Morgan fingerprint density at radius 2 is 1.59 bits per heavy atom. The molecule has 0 bridgehead atoms. The zero-order valence-electron chi connectivity index (χ0n) is 14.7. The van der Waals surface area contributed by atoms with Crippen LogP contribution in [0.15, 0.2) is 12.1 Å². The number of nitrogens with one attached hydrogen (secondary N) is 3. The molecule has 4 rings (SSSR count).